The van der Waals surface area contributed by atoms with Crippen LogP contribution in [0.5, 0.6) is 5.75 Å². The lowest BCUT2D eigenvalue weighted by Crippen LogP contribution is -2.51. The molecule has 104 valence electrons. The smallest absolute Gasteiger partial charge is 0.255 e. The SMILES string of the molecule is O=C(NC1(CBr)CCCCC1)c1cc(Cl)ccc1O. The molecule has 5 heteroatoms. The van der Waals surface area contributed by atoms with Crippen LogP contribution < -0.4 is 5.32 Å². The van der Waals surface area contributed by atoms with E-state index >= 15 is 0 Å². The molecule has 0 saturated heterocycles. The number of alkyl halides is 1. The standard InChI is InChI=1S/C14H17BrClNO2/c15-9-14(6-2-1-3-7-14)17-13(19)11-8-10(16)4-5-12(11)18/h4-5,8,18H,1-3,6-7,9H2,(H,17,19). The molecule has 1 aromatic carbocycles. The number of halogens is 2. The van der Waals surface area contributed by atoms with Crippen LogP contribution in [-0.4, -0.2) is 21.9 Å². The molecule has 1 aromatic rings. The van der Waals surface area contributed by atoms with Crippen LogP contribution >= 0.6 is 27.5 Å². The van der Waals surface area contributed by atoms with Crippen LogP contribution in [0.1, 0.15) is 42.5 Å². The molecule has 1 fully saturated rings. The van der Waals surface area contributed by atoms with E-state index in [-0.39, 0.29) is 22.8 Å². The fourth-order valence-electron chi connectivity index (χ4n) is 2.52. The normalized spacial score (nSPS) is 18.0. The minimum atomic E-state index is -0.263. The number of hydrogen-bond acceptors (Lipinski definition) is 2. The number of amides is 1. The molecular weight excluding hydrogens is 330 g/mol. The molecule has 0 bridgehead atoms. The number of carbonyl (C=O) groups excluding carboxylic acids is 1. The van der Waals surface area contributed by atoms with Gasteiger partial charge in [-0.25, -0.2) is 0 Å². The first-order valence-electron chi connectivity index (χ1n) is 6.43. The van der Waals surface area contributed by atoms with Crippen LogP contribution in [0.4, 0.5) is 0 Å². The molecule has 0 aromatic heterocycles. The molecule has 0 radical (unpaired) electrons. The molecule has 1 aliphatic rings. The maximum Gasteiger partial charge on any atom is 0.255 e. The van der Waals surface area contributed by atoms with Crippen molar-refractivity contribution in [1.29, 1.82) is 0 Å². The van der Waals surface area contributed by atoms with E-state index in [1.807, 2.05) is 0 Å². The molecule has 0 spiro atoms. The molecule has 1 aliphatic carbocycles. The van der Waals surface area contributed by atoms with Crippen molar-refractivity contribution < 1.29 is 9.90 Å². The Bertz CT molecular complexity index is 473. The van der Waals surface area contributed by atoms with Crippen molar-refractivity contribution in [2.24, 2.45) is 0 Å². The van der Waals surface area contributed by atoms with E-state index in [0.29, 0.717) is 5.02 Å². The first-order valence-corrected chi connectivity index (χ1v) is 7.93. The van der Waals surface area contributed by atoms with Crippen molar-refractivity contribution in [1.82, 2.24) is 5.32 Å². The highest BCUT2D eigenvalue weighted by Crippen LogP contribution is 2.31. The number of aromatic hydroxyl groups is 1. The predicted octanol–water partition coefficient (Wildman–Crippen LogP) is 3.87. The zero-order valence-electron chi connectivity index (χ0n) is 10.6. The van der Waals surface area contributed by atoms with E-state index < -0.39 is 0 Å². The summed E-state index contributed by atoms with van der Waals surface area (Å²) in [4.78, 5) is 12.3. The van der Waals surface area contributed by atoms with E-state index in [2.05, 4.69) is 21.2 Å². The van der Waals surface area contributed by atoms with E-state index in [9.17, 15) is 9.90 Å². The first-order chi connectivity index (χ1) is 9.06. The highest BCUT2D eigenvalue weighted by atomic mass is 79.9. The number of rotatable bonds is 3. The Kier molecular flexibility index (Phi) is 4.74. The van der Waals surface area contributed by atoms with Crippen molar-refractivity contribution in [3.63, 3.8) is 0 Å². The second-order valence-electron chi connectivity index (χ2n) is 5.09. The third-order valence-corrected chi connectivity index (χ3v) is 4.96. The second kappa shape index (κ2) is 6.14. The minimum Gasteiger partial charge on any atom is -0.507 e. The zero-order valence-corrected chi connectivity index (χ0v) is 12.9. The molecule has 19 heavy (non-hydrogen) atoms. The number of carbonyl (C=O) groups is 1. The van der Waals surface area contributed by atoms with Gasteiger partial charge in [0.2, 0.25) is 0 Å². The monoisotopic (exact) mass is 345 g/mol. The van der Waals surface area contributed by atoms with Gasteiger partial charge in [-0.2, -0.15) is 0 Å². The van der Waals surface area contributed by atoms with Crippen molar-refractivity contribution in [3.05, 3.63) is 28.8 Å². The maximum absolute atomic E-state index is 12.3. The van der Waals surface area contributed by atoms with Crippen LogP contribution in [0.25, 0.3) is 0 Å². The Morgan fingerprint density at radius 2 is 2.05 bits per heavy atom. The molecule has 3 nitrogen and oxygen atoms in total. The summed E-state index contributed by atoms with van der Waals surface area (Å²) in [7, 11) is 0. The van der Waals surface area contributed by atoms with E-state index in [4.69, 9.17) is 11.6 Å². The summed E-state index contributed by atoms with van der Waals surface area (Å²) in [6, 6.07) is 4.50. The van der Waals surface area contributed by atoms with Crippen LogP contribution in [-0.2, 0) is 0 Å². The molecule has 0 aliphatic heterocycles. The van der Waals surface area contributed by atoms with Gasteiger partial charge in [-0.15, -0.1) is 0 Å². The van der Waals surface area contributed by atoms with Crippen LogP contribution in [0.2, 0.25) is 5.02 Å². The Balaban J connectivity index is 2.17. The zero-order chi connectivity index (χ0) is 13.9. The van der Waals surface area contributed by atoms with Gasteiger partial charge in [0.15, 0.2) is 0 Å². The number of nitrogens with one attached hydrogen (secondary N) is 1. The van der Waals surface area contributed by atoms with Crippen LogP contribution in [0, 0.1) is 0 Å². The topological polar surface area (TPSA) is 49.3 Å². The van der Waals surface area contributed by atoms with Gasteiger partial charge in [-0.3, -0.25) is 4.79 Å². The van der Waals surface area contributed by atoms with Gasteiger partial charge in [0, 0.05) is 10.4 Å². The van der Waals surface area contributed by atoms with Gasteiger partial charge >= 0.3 is 0 Å². The molecule has 0 atom stereocenters. The molecule has 2 rings (SSSR count). The second-order valence-corrected chi connectivity index (χ2v) is 6.09. The van der Waals surface area contributed by atoms with Gasteiger partial charge in [0.05, 0.1) is 11.1 Å². The molecular formula is C14H17BrClNO2. The third kappa shape index (κ3) is 3.42. The lowest BCUT2D eigenvalue weighted by Gasteiger charge is -2.36. The number of hydrogen-bond donors (Lipinski definition) is 2. The van der Waals surface area contributed by atoms with Crippen molar-refractivity contribution in [3.8, 4) is 5.75 Å². The fraction of sp³-hybridized carbons (Fsp3) is 0.500. The van der Waals surface area contributed by atoms with E-state index in [1.54, 1.807) is 6.07 Å². The Hall–Kier alpha value is -0.740. The van der Waals surface area contributed by atoms with Crippen molar-refractivity contribution in [2.45, 2.75) is 37.6 Å². The maximum atomic E-state index is 12.3. The summed E-state index contributed by atoms with van der Waals surface area (Å²) >= 11 is 9.37. The lowest BCUT2D eigenvalue weighted by atomic mass is 9.83. The van der Waals surface area contributed by atoms with Crippen LogP contribution in [0.15, 0.2) is 18.2 Å². The van der Waals surface area contributed by atoms with Gasteiger partial charge < -0.3 is 10.4 Å². The average molecular weight is 347 g/mol. The molecule has 1 amide bonds. The first kappa shape index (κ1) is 14.7. The third-order valence-electron chi connectivity index (χ3n) is 3.65. The van der Waals surface area contributed by atoms with Crippen molar-refractivity contribution >= 4 is 33.4 Å². The average Bonchev–Trinajstić information content (AvgIpc) is 2.42. The Morgan fingerprint density at radius 3 is 2.68 bits per heavy atom. The number of phenols is 1. The summed E-state index contributed by atoms with van der Waals surface area (Å²) in [5.41, 5.74) is 0.0304. The highest BCUT2D eigenvalue weighted by molar-refractivity contribution is 9.09. The highest BCUT2D eigenvalue weighted by Gasteiger charge is 2.33. The molecule has 0 unspecified atom stereocenters. The van der Waals surface area contributed by atoms with Crippen LogP contribution in [0.3, 0.4) is 0 Å². The van der Waals surface area contributed by atoms with Gasteiger partial charge in [-0.05, 0) is 31.0 Å². The van der Waals surface area contributed by atoms with Gasteiger partial charge in [-0.1, -0.05) is 46.8 Å². The summed E-state index contributed by atoms with van der Waals surface area (Å²) in [6.45, 7) is 0. The quantitative estimate of drug-likeness (QED) is 0.816. The largest absolute Gasteiger partial charge is 0.507 e. The van der Waals surface area contributed by atoms with Gasteiger partial charge in [0.1, 0.15) is 5.75 Å². The summed E-state index contributed by atoms with van der Waals surface area (Å²) in [5.74, 6) is -0.302. The van der Waals surface area contributed by atoms with Gasteiger partial charge in [0.25, 0.3) is 5.91 Å². The minimum absolute atomic E-state index is 0.0394. The number of phenolic OH excluding ortho intramolecular Hbond substituents is 1. The fourth-order valence-corrected chi connectivity index (χ4v) is 3.39. The van der Waals surface area contributed by atoms with Crippen molar-refractivity contribution in [2.75, 3.05) is 5.33 Å². The van der Waals surface area contributed by atoms with E-state index in [1.165, 1.54) is 18.6 Å². The Morgan fingerprint density at radius 1 is 1.37 bits per heavy atom. The molecule has 2 N–H and O–H groups in total. The van der Waals surface area contributed by atoms with E-state index in [0.717, 1.165) is 31.0 Å². The summed E-state index contributed by atoms with van der Waals surface area (Å²) in [6.07, 6.45) is 5.38. The summed E-state index contributed by atoms with van der Waals surface area (Å²) in [5, 5.41) is 14.0. The summed E-state index contributed by atoms with van der Waals surface area (Å²) < 4.78 is 0. The molecule has 0 heterocycles. The molecule has 1 saturated carbocycles. The number of benzene rings is 1. The Labute approximate surface area is 126 Å². The predicted molar refractivity (Wildman–Crippen MR) is 80.2 cm³/mol. The lowest BCUT2D eigenvalue weighted by molar-refractivity contribution is 0.0884.